The molecule has 10 nitrogen and oxygen atoms in total. The van der Waals surface area contributed by atoms with Crippen molar-refractivity contribution in [2.45, 2.75) is 0 Å². The van der Waals surface area contributed by atoms with E-state index in [9.17, 15) is 25.0 Å². The van der Waals surface area contributed by atoms with Gasteiger partial charge in [-0.1, -0.05) is 0 Å². The van der Waals surface area contributed by atoms with Crippen molar-refractivity contribution < 1.29 is 9.85 Å². The van der Waals surface area contributed by atoms with Crippen molar-refractivity contribution >= 4 is 28.2 Å². The lowest BCUT2D eigenvalue weighted by atomic mass is 10.2. The lowest BCUT2D eigenvalue weighted by molar-refractivity contribution is -0.393. The molecule has 0 saturated heterocycles. The highest BCUT2D eigenvalue weighted by Gasteiger charge is 2.21. The van der Waals surface area contributed by atoms with Gasteiger partial charge in [0.05, 0.1) is 15.9 Å². The molecule has 0 unspecified atom stereocenters. The van der Waals surface area contributed by atoms with E-state index in [-0.39, 0.29) is 11.0 Å². The average Bonchev–Trinajstić information content (AvgIpc) is 2.29. The van der Waals surface area contributed by atoms with Crippen LogP contribution in [0.1, 0.15) is 0 Å². The van der Waals surface area contributed by atoms with E-state index in [4.69, 9.17) is 5.73 Å². The predicted molar refractivity (Wildman–Crippen MR) is 60.1 cm³/mol. The van der Waals surface area contributed by atoms with Gasteiger partial charge in [0.25, 0.3) is 11.2 Å². The number of benzene rings is 1. The van der Waals surface area contributed by atoms with Crippen LogP contribution in [0.3, 0.4) is 0 Å². The van der Waals surface area contributed by atoms with E-state index >= 15 is 0 Å². The van der Waals surface area contributed by atoms with E-state index in [1.54, 1.807) is 0 Å². The van der Waals surface area contributed by atoms with Gasteiger partial charge in [-0.25, -0.2) is 4.98 Å². The standard InChI is InChI=1S/C8H5N5O5/c9-7-8(14)11-6-4(10-7)1-3(12(15)16)2-5(6)13(17)18/h1-2H,(H2,9,10)(H,11,14). The van der Waals surface area contributed by atoms with E-state index in [1.807, 2.05) is 0 Å². The quantitative estimate of drug-likeness (QED) is 0.574. The Morgan fingerprint density at radius 1 is 1.22 bits per heavy atom. The van der Waals surface area contributed by atoms with Crippen molar-refractivity contribution in [1.29, 1.82) is 0 Å². The normalized spacial score (nSPS) is 10.4. The fourth-order valence-electron chi connectivity index (χ4n) is 1.42. The van der Waals surface area contributed by atoms with Crippen LogP contribution in [0.5, 0.6) is 0 Å². The minimum atomic E-state index is -0.844. The second-order valence-corrected chi connectivity index (χ2v) is 3.32. The van der Waals surface area contributed by atoms with Gasteiger partial charge in [-0.3, -0.25) is 25.0 Å². The van der Waals surface area contributed by atoms with Crippen LogP contribution >= 0.6 is 0 Å². The Labute approximate surface area is 97.4 Å². The number of nitrogens with zero attached hydrogens (tertiary/aromatic N) is 3. The van der Waals surface area contributed by atoms with Crippen molar-refractivity contribution in [2.24, 2.45) is 0 Å². The SMILES string of the molecule is Nc1nc2cc([N+](=O)[O-])cc([N+](=O)[O-])c2[nH]c1=O. The molecule has 92 valence electrons. The first-order valence-electron chi connectivity index (χ1n) is 4.52. The maximum absolute atomic E-state index is 11.2. The van der Waals surface area contributed by atoms with Crippen LogP contribution in [0.4, 0.5) is 17.2 Å². The Bertz CT molecular complexity index is 736. The molecule has 0 bridgehead atoms. The molecule has 0 spiro atoms. The molecule has 2 aromatic rings. The highest BCUT2D eigenvalue weighted by molar-refractivity contribution is 5.87. The topological polar surface area (TPSA) is 158 Å². The summed E-state index contributed by atoms with van der Waals surface area (Å²) in [4.78, 5) is 36.8. The first-order valence-corrected chi connectivity index (χ1v) is 4.52. The Kier molecular flexibility index (Phi) is 2.39. The molecule has 1 aromatic heterocycles. The number of nitrogen functional groups attached to an aromatic ring is 1. The highest BCUT2D eigenvalue weighted by Crippen LogP contribution is 2.27. The molecule has 0 atom stereocenters. The number of non-ortho nitro benzene ring substituents is 2. The van der Waals surface area contributed by atoms with Crippen molar-refractivity contribution in [3.8, 4) is 0 Å². The molecular formula is C8H5N5O5. The summed E-state index contributed by atoms with van der Waals surface area (Å²) in [7, 11) is 0. The fourth-order valence-corrected chi connectivity index (χ4v) is 1.42. The number of nitrogens with one attached hydrogen (secondary N) is 1. The fraction of sp³-hybridized carbons (Fsp3) is 0. The number of nitro groups is 2. The number of hydrogen-bond donors (Lipinski definition) is 2. The monoisotopic (exact) mass is 251 g/mol. The third-order valence-corrected chi connectivity index (χ3v) is 2.20. The summed E-state index contributed by atoms with van der Waals surface area (Å²) in [5.41, 5.74) is 3.02. The van der Waals surface area contributed by atoms with Crippen molar-refractivity contribution in [2.75, 3.05) is 5.73 Å². The number of aromatic nitrogens is 2. The van der Waals surface area contributed by atoms with Crippen molar-refractivity contribution in [3.63, 3.8) is 0 Å². The molecule has 10 heteroatoms. The summed E-state index contributed by atoms with van der Waals surface area (Å²) < 4.78 is 0. The van der Waals surface area contributed by atoms with Gasteiger partial charge in [-0.15, -0.1) is 0 Å². The molecule has 1 heterocycles. The molecule has 3 N–H and O–H groups in total. The molecule has 0 aliphatic rings. The van der Waals surface area contributed by atoms with Gasteiger partial charge in [0.2, 0.25) is 0 Å². The third kappa shape index (κ3) is 1.71. The second kappa shape index (κ2) is 3.76. The first kappa shape index (κ1) is 11.4. The number of anilines is 1. The van der Waals surface area contributed by atoms with Crippen LogP contribution < -0.4 is 11.3 Å². The maximum atomic E-state index is 11.2. The number of rotatable bonds is 2. The summed E-state index contributed by atoms with van der Waals surface area (Å²) in [6.45, 7) is 0. The molecule has 0 fully saturated rings. The van der Waals surface area contributed by atoms with Crippen molar-refractivity contribution in [3.05, 3.63) is 42.7 Å². The average molecular weight is 251 g/mol. The molecule has 0 amide bonds. The van der Waals surface area contributed by atoms with E-state index in [2.05, 4.69) is 9.97 Å². The van der Waals surface area contributed by atoms with Gasteiger partial charge in [-0.2, -0.15) is 0 Å². The minimum Gasteiger partial charge on any atom is -0.379 e. The maximum Gasteiger partial charge on any atom is 0.301 e. The zero-order valence-electron chi connectivity index (χ0n) is 8.61. The van der Waals surface area contributed by atoms with Gasteiger partial charge < -0.3 is 10.7 Å². The van der Waals surface area contributed by atoms with Gasteiger partial charge in [0.15, 0.2) is 5.82 Å². The van der Waals surface area contributed by atoms with E-state index in [1.165, 1.54) is 0 Å². The van der Waals surface area contributed by atoms with Gasteiger partial charge in [0, 0.05) is 6.07 Å². The number of H-pyrrole nitrogens is 1. The largest absolute Gasteiger partial charge is 0.379 e. The number of nitrogens with two attached hydrogens (primary N) is 1. The molecule has 0 radical (unpaired) electrons. The molecule has 18 heavy (non-hydrogen) atoms. The summed E-state index contributed by atoms with van der Waals surface area (Å²) in [6, 6.07) is 1.74. The molecule has 2 rings (SSSR count). The van der Waals surface area contributed by atoms with Crippen LogP contribution in [0.2, 0.25) is 0 Å². The highest BCUT2D eigenvalue weighted by atomic mass is 16.6. The smallest absolute Gasteiger partial charge is 0.301 e. The summed E-state index contributed by atoms with van der Waals surface area (Å²) in [6.07, 6.45) is 0. The number of aromatic amines is 1. The van der Waals surface area contributed by atoms with Crippen LogP contribution in [0, 0.1) is 20.2 Å². The second-order valence-electron chi connectivity index (χ2n) is 3.32. The van der Waals surface area contributed by atoms with Gasteiger partial charge in [0.1, 0.15) is 11.0 Å². The Balaban J connectivity index is 2.94. The van der Waals surface area contributed by atoms with Gasteiger partial charge in [-0.05, 0) is 0 Å². The Morgan fingerprint density at radius 2 is 1.89 bits per heavy atom. The summed E-state index contributed by atoms with van der Waals surface area (Å²) in [5.74, 6) is -0.419. The predicted octanol–water partition coefficient (Wildman–Crippen LogP) is 0.322. The number of hydrogen-bond acceptors (Lipinski definition) is 7. The van der Waals surface area contributed by atoms with E-state index < -0.39 is 32.6 Å². The molecule has 1 aromatic carbocycles. The van der Waals surface area contributed by atoms with Gasteiger partial charge >= 0.3 is 5.69 Å². The lowest BCUT2D eigenvalue weighted by Gasteiger charge is -2.00. The van der Waals surface area contributed by atoms with E-state index in [0.29, 0.717) is 0 Å². The minimum absolute atomic E-state index is 0.118. The number of nitro benzene ring substituents is 2. The first-order chi connectivity index (χ1) is 8.40. The molecular weight excluding hydrogens is 246 g/mol. The number of fused-ring (bicyclic) bond motifs is 1. The summed E-state index contributed by atoms with van der Waals surface area (Å²) in [5, 5.41) is 21.4. The lowest BCUT2D eigenvalue weighted by Crippen LogP contribution is -2.14. The van der Waals surface area contributed by atoms with E-state index in [0.717, 1.165) is 12.1 Å². The molecule has 0 aliphatic carbocycles. The van der Waals surface area contributed by atoms with Crippen LogP contribution in [0.25, 0.3) is 11.0 Å². The molecule has 0 saturated carbocycles. The third-order valence-electron chi connectivity index (χ3n) is 2.20. The van der Waals surface area contributed by atoms with Crippen molar-refractivity contribution in [1.82, 2.24) is 9.97 Å². The molecule has 0 aliphatic heterocycles. The van der Waals surface area contributed by atoms with Crippen LogP contribution in [0.15, 0.2) is 16.9 Å². The zero-order chi connectivity index (χ0) is 13.4. The van der Waals surface area contributed by atoms with Crippen LogP contribution in [-0.4, -0.2) is 19.8 Å². The van der Waals surface area contributed by atoms with Crippen LogP contribution in [-0.2, 0) is 0 Å². The summed E-state index contributed by atoms with van der Waals surface area (Å²) >= 11 is 0. The zero-order valence-corrected chi connectivity index (χ0v) is 8.61. The Hall–Kier alpha value is -3.04. The Morgan fingerprint density at radius 3 is 2.44 bits per heavy atom.